The molecule has 0 fully saturated rings. The highest BCUT2D eigenvalue weighted by molar-refractivity contribution is 5.79. The van der Waals surface area contributed by atoms with E-state index < -0.39 is 0 Å². The molecule has 0 heterocycles. The molecule has 0 spiro atoms. The van der Waals surface area contributed by atoms with Crippen LogP contribution in [0.3, 0.4) is 0 Å². The Bertz CT molecular complexity index is 631. The fourth-order valence-electron chi connectivity index (χ4n) is 2.83. The van der Waals surface area contributed by atoms with Gasteiger partial charge >= 0.3 is 0 Å². The molecular formula is C21H26N2O2. The predicted octanol–water partition coefficient (Wildman–Crippen LogP) is 3.23. The third-order valence-corrected chi connectivity index (χ3v) is 4.45. The Morgan fingerprint density at radius 2 is 1.44 bits per heavy atom. The van der Waals surface area contributed by atoms with Crippen LogP contribution in [-0.4, -0.2) is 18.4 Å². The normalized spacial score (nSPS) is 11.9. The molecule has 0 aliphatic rings. The molecule has 0 saturated carbocycles. The highest BCUT2D eigenvalue weighted by Crippen LogP contribution is 2.27. The summed E-state index contributed by atoms with van der Waals surface area (Å²) in [5.41, 5.74) is 7.70. The monoisotopic (exact) mass is 338 g/mol. The van der Waals surface area contributed by atoms with Crippen LogP contribution in [0.25, 0.3) is 0 Å². The summed E-state index contributed by atoms with van der Waals surface area (Å²) in [4.78, 5) is 23.0. The van der Waals surface area contributed by atoms with E-state index in [1.54, 1.807) is 6.92 Å². The number of carbonyl (C=O) groups excluding carboxylic acids is 2. The maximum atomic E-state index is 12.0. The van der Waals surface area contributed by atoms with Gasteiger partial charge in [-0.25, -0.2) is 0 Å². The van der Waals surface area contributed by atoms with Crippen molar-refractivity contribution >= 4 is 11.8 Å². The highest BCUT2D eigenvalue weighted by Gasteiger charge is 2.15. The average Bonchev–Trinajstić information content (AvgIpc) is 2.64. The van der Waals surface area contributed by atoms with Gasteiger partial charge in [-0.3, -0.25) is 9.59 Å². The van der Waals surface area contributed by atoms with E-state index in [-0.39, 0.29) is 23.7 Å². The van der Waals surface area contributed by atoms with E-state index in [1.807, 2.05) is 36.4 Å². The molecule has 25 heavy (non-hydrogen) atoms. The fraction of sp³-hybridized carbons (Fsp3) is 0.333. The predicted molar refractivity (Wildman–Crippen MR) is 99.9 cm³/mol. The number of hydrogen-bond donors (Lipinski definition) is 2. The van der Waals surface area contributed by atoms with Crippen LogP contribution in [0.15, 0.2) is 60.7 Å². The van der Waals surface area contributed by atoms with Gasteiger partial charge in [-0.1, -0.05) is 67.6 Å². The zero-order valence-electron chi connectivity index (χ0n) is 14.7. The van der Waals surface area contributed by atoms with Gasteiger partial charge in [0.15, 0.2) is 0 Å². The molecule has 4 nitrogen and oxygen atoms in total. The molecule has 2 aromatic rings. The summed E-state index contributed by atoms with van der Waals surface area (Å²) >= 11 is 0. The van der Waals surface area contributed by atoms with Crippen molar-refractivity contribution in [2.45, 2.75) is 32.1 Å². The summed E-state index contributed by atoms with van der Waals surface area (Å²) < 4.78 is 0. The maximum absolute atomic E-state index is 12.0. The van der Waals surface area contributed by atoms with Crippen LogP contribution in [0, 0.1) is 5.92 Å². The van der Waals surface area contributed by atoms with Crippen molar-refractivity contribution in [3.05, 3.63) is 71.8 Å². The number of amides is 2. The number of nitrogens with one attached hydrogen (secondary N) is 1. The summed E-state index contributed by atoms with van der Waals surface area (Å²) in [5.74, 6) is -0.423. The van der Waals surface area contributed by atoms with Crippen molar-refractivity contribution in [3.63, 3.8) is 0 Å². The Balaban J connectivity index is 1.90. The maximum Gasteiger partial charge on any atom is 0.220 e. The first kappa shape index (κ1) is 18.7. The molecule has 2 amide bonds. The van der Waals surface area contributed by atoms with Gasteiger partial charge in [0.05, 0.1) is 0 Å². The molecule has 132 valence electrons. The molecule has 0 aliphatic heterocycles. The third kappa shape index (κ3) is 6.07. The molecule has 2 aromatic carbocycles. The lowest BCUT2D eigenvalue weighted by molar-refractivity contribution is -0.123. The van der Waals surface area contributed by atoms with Gasteiger partial charge in [0.1, 0.15) is 0 Å². The Morgan fingerprint density at radius 3 is 1.92 bits per heavy atom. The van der Waals surface area contributed by atoms with Crippen molar-refractivity contribution in [2.24, 2.45) is 11.7 Å². The lowest BCUT2D eigenvalue weighted by Gasteiger charge is -2.18. The standard InChI is InChI=1S/C21H26N2O2/c1-16(21(22)25)12-13-20(24)23-15-14-19(17-8-4-2-5-9-17)18-10-6-3-7-11-18/h2-11,16,19H,12-15H2,1H3,(H2,22,25)(H,23,24). The average molecular weight is 338 g/mol. The summed E-state index contributed by atoms with van der Waals surface area (Å²) in [6, 6.07) is 20.6. The van der Waals surface area contributed by atoms with Crippen LogP contribution in [0.5, 0.6) is 0 Å². The number of benzene rings is 2. The Labute approximate surface area is 149 Å². The van der Waals surface area contributed by atoms with Crippen LogP contribution in [0.2, 0.25) is 0 Å². The first-order valence-electron chi connectivity index (χ1n) is 8.74. The number of rotatable bonds is 9. The molecule has 0 saturated heterocycles. The van der Waals surface area contributed by atoms with Gasteiger partial charge in [-0.2, -0.15) is 0 Å². The molecule has 3 N–H and O–H groups in total. The Morgan fingerprint density at radius 1 is 0.920 bits per heavy atom. The van der Waals surface area contributed by atoms with Gasteiger partial charge in [-0.05, 0) is 24.0 Å². The molecule has 4 heteroatoms. The number of carbonyl (C=O) groups is 2. The van der Waals surface area contributed by atoms with Crippen LogP contribution < -0.4 is 11.1 Å². The molecule has 0 radical (unpaired) electrons. The molecule has 0 aliphatic carbocycles. The molecule has 0 aromatic heterocycles. The second kappa shape index (κ2) is 9.62. The zero-order chi connectivity index (χ0) is 18.1. The SMILES string of the molecule is CC(CCC(=O)NCCC(c1ccccc1)c1ccccc1)C(N)=O. The van der Waals surface area contributed by atoms with Crippen molar-refractivity contribution in [1.82, 2.24) is 5.32 Å². The number of nitrogens with two attached hydrogens (primary N) is 1. The third-order valence-electron chi connectivity index (χ3n) is 4.45. The largest absolute Gasteiger partial charge is 0.369 e. The zero-order valence-corrected chi connectivity index (χ0v) is 14.7. The van der Waals surface area contributed by atoms with Crippen LogP contribution in [0.4, 0.5) is 0 Å². The van der Waals surface area contributed by atoms with E-state index in [2.05, 4.69) is 29.6 Å². The number of hydrogen-bond acceptors (Lipinski definition) is 2. The Hall–Kier alpha value is -2.62. The first-order chi connectivity index (χ1) is 12.1. The van der Waals surface area contributed by atoms with Gasteiger partial charge in [0, 0.05) is 24.8 Å². The van der Waals surface area contributed by atoms with Crippen LogP contribution >= 0.6 is 0 Å². The van der Waals surface area contributed by atoms with E-state index in [1.165, 1.54) is 11.1 Å². The minimum Gasteiger partial charge on any atom is -0.369 e. The lowest BCUT2D eigenvalue weighted by atomic mass is 9.88. The summed E-state index contributed by atoms with van der Waals surface area (Å²) in [5, 5.41) is 2.96. The van der Waals surface area contributed by atoms with Gasteiger partial charge in [0.2, 0.25) is 11.8 Å². The van der Waals surface area contributed by atoms with Crippen molar-refractivity contribution in [2.75, 3.05) is 6.54 Å². The van der Waals surface area contributed by atoms with Gasteiger partial charge < -0.3 is 11.1 Å². The van der Waals surface area contributed by atoms with Gasteiger partial charge in [0.25, 0.3) is 0 Å². The topological polar surface area (TPSA) is 72.2 Å². The first-order valence-corrected chi connectivity index (χ1v) is 8.74. The van der Waals surface area contributed by atoms with Crippen molar-refractivity contribution < 1.29 is 9.59 Å². The highest BCUT2D eigenvalue weighted by atomic mass is 16.2. The molecule has 1 unspecified atom stereocenters. The van der Waals surface area contributed by atoms with E-state index in [9.17, 15) is 9.59 Å². The summed E-state index contributed by atoms with van der Waals surface area (Å²) in [7, 11) is 0. The lowest BCUT2D eigenvalue weighted by Crippen LogP contribution is -2.27. The number of primary amides is 1. The minimum atomic E-state index is -0.360. The van der Waals surface area contributed by atoms with Crippen molar-refractivity contribution in [3.8, 4) is 0 Å². The molecule has 1 atom stereocenters. The minimum absolute atomic E-state index is 0.0343. The van der Waals surface area contributed by atoms with Gasteiger partial charge in [-0.15, -0.1) is 0 Å². The van der Waals surface area contributed by atoms with Crippen molar-refractivity contribution in [1.29, 1.82) is 0 Å². The van der Waals surface area contributed by atoms with Crippen LogP contribution in [-0.2, 0) is 9.59 Å². The second-order valence-electron chi connectivity index (χ2n) is 6.35. The second-order valence-corrected chi connectivity index (χ2v) is 6.35. The Kier molecular flexibility index (Phi) is 7.20. The summed E-state index contributed by atoms with van der Waals surface area (Å²) in [6.45, 7) is 2.34. The quantitative estimate of drug-likeness (QED) is 0.737. The van der Waals surface area contributed by atoms with E-state index in [0.29, 0.717) is 19.4 Å². The fourth-order valence-corrected chi connectivity index (χ4v) is 2.83. The summed E-state index contributed by atoms with van der Waals surface area (Å²) in [6.07, 6.45) is 1.64. The smallest absolute Gasteiger partial charge is 0.220 e. The molecule has 0 bridgehead atoms. The van der Waals surface area contributed by atoms with E-state index in [0.717, 1.165) is 6.42 Å². The molecule has 2 rings (SSSR count). The van der Waals surface area contributed by atoms with Crippen LogP contribution in [0.1, 0.15) is 43.2 Å². The molecular weight excluding hydrogens is 312 g/mol. The van der Waals surface area contributed by atoms with E-state index in [4.69, 9.17) is 5.73 Å². The van der Waals surface area contributed by atoms with E-state index >= 15 is 0 Å².